The molecule has 0 fully saturated rings. The monoisotopic (exact) mass is 223 g/mol. The fraction of sp³-hybridized carbons (Fsp3) is 0.100. The molecule has 0 spiro atoms. The van der Waals surface area contributed by atoms with Crippen LogP contribution in [0.3, 0.4) is 0 Å². The van der Waals surface area contributed by atoms with E-state index in [0.717, 1.165) is 11.3 Å². The van der Waals surface area contributed by atoms with E-state index in [9.17, 15) is 9.90 Å². The lowest BCUT2D eigenvalue weighted by molar-refractivity contribution is 0.474. The SMILES string of the molecule is NC/C=C/c1cc2oc(=O)sc2cc1O. The Bertz CT molecular complexity index is 568. The van der Waals surface area contributed by atoms with Gasteiger partial charge < -0.3 is 15.3 Å². The van der Waals surface area contributed by atoms with E-state index in [4.69, 9.17) is 10.2 Å². The van der Waals surface area contributed by atoms with Crippen LogP contribution in [0.4, 0.5) is 0 Å². The minimum Gasteiger partial charge on any atom is -0.507 e. The summed E-state index contributed by atoms with van der Waals surface area (Å²) < 4.78 is 5.57. The number of hydrogen-bond donors (Lipinski definition) is 2. The van der Waals surface area contributed by atoms with Gasteiger partial charge in [0.15, 0.2) is 0 Å². The molecule has 2 rings (SSSR count). The van der Waals surface area contributed by atoms with Crippen LogP contribution >= 0.6 is 11.3 Å². The third kappa shape index (κ3) is 1.93. The predicted molar refractivity (Wildman–Crippen MR) is 60.1 cm³/mol. The van der Waals surface area contributed by atoms with Gasteiger partial charge in [-0.15, -0.1) is 0 Å². The van der Waals surface area contributed by atoms with Crippen molar-refractivity contribution in [3.05, 3.63) is 33.5 Å². The molecule has 5 heteroatoms. The van der Waals surface area contributed by atoms with Gasteiger partial charge in [-0.25, -0.2) is 4.79 Å². The topological polar surface area (TPSA) is 76.5 Å². The summed E-state index contributed by atoms with van der Waals surface area (Å²) in [5, 5.41) is 9.62. The van der Waals surface area contributed by atoms with Gasteiger partial charge in [-0.3, -0.25) is 0 Å². The molecule has 0 atom stereocenters. The summed E-state index contributed by atoms with van der Waals surface area (Å²) in [6.45, 7) is 0.394. The Morgan fingerprint density at radius 1 is 1.53 bits per heavy atom. The second-order valence-electron chi connectivity index (χ2n) is 2.95. The van der Waals surface area contributed by atoms with Crippen molar-refractivity contribution in [3.8, 4) is 5.75 Å². The molecule has 0 amide bonds. The number of rotatable bonds is 2. The number of benzene rings is 1. The second kappa shape index (κ2) is 3.88. The quantitative estimate of drug-likeness (QED) is 0.809. The van der Waals surface area contributed by atoms with Crippen LogP contribution in [0.1, 0.15) is 5.56 Å². The van der Waals surface area contributed by atoms with Gasteiger partial charge in [-0.2, -0.15) is 0 Å². The normalized spacial score (nSPS) is 11.5. The van der Waals surface area contributed by atoms with Gasteiger partial charge in [-0.05, 0) is 6.07 Å². The number of phenols is 1. The maximum atomic E-state index is 11.0. The minimum absolute atomic E-state index is 0.115. The third-order valence-electron chi connectivity index (χ3n) is 1.91. The van der Waals surface area contributed by atoms with Crippen LogP contribution in [0.5, 0.6) is 5.75 Å². The molecule has 2 aromatic rings. The first-order valence-electron chi connectivity index (χ1n) is 4.34. The standard InChI is InChI=1S/C10H9NO3S/c11-3-1-2-6-4-8-9(5-7(6)12)15-10(13)14-8/h1-2,4-5,12H,3,11H2/b2-1+. The summed E-state index contributed by atoms with van der Waals surface area (Å²) in [6.07, 6.45) is 3.40. The molecule has 0 aliphatic rings. The molecule has 1 aromatic carbocycles. The Balaban J connectivity index is 2.60. The fourth-order valence-electron chi connectivity index (χ4n) is 1.25. The first kappa shape index (κ1) is 9.95. The van der Waals surface area contributed by atoms with E-state index in [1.54, 1.807) is 18.2 Å². The van der Waals surface area contributed by atoms with Gasteiger partial charge in [-0.1, -0.05) is 23.5 Å². The Kier molecular flexibility index (Phi) is 2.57. The minimum atomic E-state index is -0.371. The van der Waals surface area contributed by atoms with E-state index >= 15 is 0 Å². The maximum absolute atomic E-state index is 11.0. The molecule has 0 aliphatic heterocycles. The van der Waals surface area contributed by atoms with Crippen LogP contribution in [-0.4, -0.2) is 11.7 Å². The van der Waals surface area contributed by atoms with Crippen molar-refractivity contribution in [3.63, 3.8) is 0 Å². The first-order chi connectivity index (χ1) is 7.20. The van der Waals surface area contributed by atoms with Gasteiger partial charge in [0.2, 0.25) is 0 Å². The van der Waals surface area contributed by atoms with E-state index in [2.05, 4.69) is 0 Å². The fourth-order valence-corrected chi connectivity index (χ4v) is 1.94. The van der Waals surface area contributed by atoms with Crippen LogP contribution in [-0.2, 0) is 0 Å². The lowest BCUT2D eigenvalue weighted by Gasteiger charge is -1.97. The van der Waals surface area contributed by atoms with Gasteiger partial charge >= 0.3 is 4.94 Å². The van der Waals surface area contributed by atoms with Gasteiger partial charge in [0.25, 0.3) is 0 Å². The lowest BCUT2D eigenvalue weighted by Crippen LogP contribution is -1.91. The van der Waals surface area contributed by atoms with Crippen molar-refractivity contribution in [1.82, 2.24) is 0 Å². The molecule has 4 nitrogen and oxygen atoms in total. The van der Waals surface area contributed by atoms with Gasteiger partial charge in [0.1, 0.15) is 11.3 Å². The van der Waals surface area contributed by atoms with Crippen LogP contribution in [0.25, 0.3) is 16.4 Å². The number of hydrogen-bond acceptors (Lipinski definition) is 5. The predicted octanol–water partition coefficient (Wildman–Crippen LogP) is 1.53. The van der Waals surface area contributed by atoms with Crippen molar-refractivity contribution in [2.75, 3.05) is 6.54 Å². The molecule has 0 saturated heterocycles. The summed E-state index contributed by atoms with van der Waals surface area (Å²) in [6, 6.07) is 3.13. The van der Waals surface area contributed by atoms with Crippen LogP contribution in [0.2, 0.25) is 0 Å². The Labute approximate surface area is 89.3 Å². The van der Waals surface area contributed by atoms with Gasteiger partial charge in [0, 0.05) is 18.2 Å². The summed E-state index contributed by atoms with van der Waals surface area (Å²) >= 11 is 0.968. The highest BCUT2D eigenvalue weighted by molar-refractivity contribution is 7.16. The molecule has 3 N–H and O–H groups in total. The Hall–Kier alpha value is -1.59. The van der Waals surface area contributed by atoms with Crippen LogP contribution in [0.15, 0.2) is 27.4 Å². The van der Waals surface area contributed by atoms with Crippen LogP contribution < -0.4 is 10.7 Å². The molecule has 0 unspecified atom stereocenters. The van der Waals surface area contributed by atoms with Crippen molar-refractivity contribution >= 4 is 27.7 Å². The molecule has 0 bridgehead atoms. The molecule has 78 valence electrons. The zero-order valence-electron chi connectivity index (χ0n) is 7.77. The van der Waals surface area contributed by atoms with Crippen molar-refractivity contribution in [1.29, 1.82) is 0 Å². The number of aromatic hydroxyl groups is 1. The number of nitrogens with two attached hydrogens (primary N) is 1. The van der Waals surface area contributed by atoms with E-state index in [-0.39, 0.29) is 10.7 Å². The Morgan fingerprint density at radius 2 is 2.33 bits per heavy atom. The zero-order valence-corrected chi connectivity index (χ0v) is 8.58. The summed E-state index contributed by atoms with van der Waals surface area (Å²) in [4.78, 5) is 10.6. The van der Waals surface area contributed by atoms with E-state index in [1.165, 1.54) is 6.07 Å². The first-order valence-corrected chi connectivity index (χ1v) is 5.15. The molecular weight excluding hydrogens is 214 g/mol. The largest absolute Gasteiger partial charge is 0.507 e. The van der Waals surface area contributed by atoms with Crippen molar-refractivity contribution in [2.45, 2.75) is 0 Å². The van der Waals surface area contributed by atoms with Crippen molar-refractivity contribution < 1.29 is 9.52 Å². The smallest absolute Gasteiger partial charge is 0.396 e. The molecule has 0 radical (unpaired) electrons. The van der Waals surface area contributed by atoms with E-state index in [0.29, 0.717) is 22.4 Å². The maximum Gasteiger partial charge on any atom is 0.396 e. The highest BCUT2D eigenvalue weighted by Crippen LogP contribution is 2.27. The average molecular weight is 223 g/mol. The molecule has 0 aliphatic carbocycles. The molecular formula is C10H9NO3S. The molecule has 1 heterocycles. The number of phenolic OH excluding ortho intramolecular Hbond substituents is 1. The van der Waals surface area contributed by atoms with E-state index < -0.39 is 0 Å². The summed E-state index contributed by atoms with van der Waals surface area (Å²) in [5.41, 5.74) is 6.38. The van der Waals surface area contributed by atoms with Crippen LogP contribution in [0, 0.1) is 0 Å². The lowest BCUT2D eigenvalue weighted by atomic mass is 10.2. The summed E-state index contributed by atoms with van der Waals surface area (Å²) in [5.74, 6) is 0.115. The van der Waals surface area contributed by atoms with Crippen molar-refractivity contribution in [2.24, 2.45) is 5.73 Å². The average Bonchev–Trinajstić information content (AvgIpc) is 2.53. The second-order valence-corrected chi connectivity index (χ2v) is 3.93. The molecule has 1 aromatic heterocycles. The highest BCUT2D eigenvalue weighted by Gasteiger charge is 2.06. The number of fused-ring (bicyclic) bond motifs is 1. The summed E-state index contributed by atoms with van der Waals surface area (Å²) in [7, 11) is 0. The zero-order chi connectivity index (χ0) is 10.8. The third-order valence-corrected chi connectivity index (χ3v) is 2.70. The highest BCUT2D eigenvalue weighted by atomic mass is 32.1. The molecule has 0 saturated carbocycles. The molecule has 15 heavy (non-hydrogen) atoms. The van der Waals surface area contributed by atoms with E-state index in [1.807, 2.05) is 0 Å². The van der Waals surface area contributed by atoms with Gasteiger partial charge in [0.05, 0.1) is 4.70 Å². The Morgan fingerprint density at radius 3 is 3.07 bits per heavy atom.